The predicted octanol–water partition coefficient (Wildman–Crippen LogP) is -1.01. The van der Waals surface area contributed by atoms with E-state index in [9.17, 15) is 9.59 Å². The molecular formula is C4H7KO4. The molecule has 0 aliphatic heterocycles. The van der Waals surface area contributed by atoms with Crippen LogP contribution in [-0.2, 0) is 14.3 Å². The molecule has 48 valence electrons. The molecule has 5 heteroatoms. The molecule has 4 nitrogen and oxygen atoms in total. The van der Waals surface area contributed by atoms with Gasteiger partial charge in [-0.05, 0) is 6.92 Å². The van der Waals surface area contributed by atoms with Crippen LogP contribution >= 0.6 is 0 Å². The molecule has 0 rings (SSSR count). The van der Waals surface area contributed by atoms with E-state index < -0.39 is 11.9 Å². The molecule has 0 aliphatic rings. The van der Waals surface area contributed by atoms with E-state index in [-0.39, 0.29) is 58.0 Å². The standard InChI is InChI=1S/C4H6O4.K.H/c1-2-8-4(7)3(5)6;;/h2H2,1H3,(H,5,6);;. The monoisotopic (exact) mass is 158 g/mol. The Morgan fingerprint density at radius 3 is 2.11 bits per heavy atom. The normalized spacial score (nSPS) is 7.22. The maximum atomic E-state index is 9.92. The molecule has 9 heavy (non-hydrogen) atoms. The second-order valence-electron chi connectivity index (χ2n) is 1.03. The Balaban J connectivity index is 0. The number of hydrogen-bond acceptors (Lipinski definition) is 3. The first kappa shape index (κ1) is 12.3. The minimum absolute atomic E-state index is 0. The van der Waals surface area contributed by atoms with E-state index in [2.05, 4.69) is 4.74 Å². The van der Waals surface area contributed by atoms with Crippen molar-refractivity contribution >= 4 is 63.3 Å². The number of carbonyl (C=O) groups excluding carboxylic acids is 1. The van der Waals surface area contributed by atoms with Crippen molar-refractivity contribution in [3.05, 3.63) is 0 Å². The van der Waals surface area contributed by atoms with Crippen LogP contribution in [0.3, 0.4) is 0 Å². The van der Waals surface area contributed by atoms with Crippen molar-refractivity contribution in [2.24, 2.45) is 0 Å². The number of carbonyl (C=O) groups is 2. The van der Waals surface area contributed by atoms with Crippen LogP contribution in [0.4, 0.5) is 0 Å². The summed E-state index contributed by atoms with van der Waals surface area (Å²) < 4.78 is 4.06. The van der Waals surface area contributed by atoms with E-state index in [0.717, 1.165) is 0 Å². The summed E-state index contributed by atoms with van der Waals surface area (Å²) in [6.07, 6.45) is 0. The van der Waals surface area contributed by atoms with Crippen molar-refractivity contribution in [1.29, 1.82) is 0 Å². The van der Waals surface area contributed by atoms with Gasteiger partial charge in [0.05, 0.1) is 6.61 Å². The SMILES string of the molecule is CCOC(=O)C(=O)O.[KH]. The van der Waals surface area contributed by atoms with Crippen molar-refractivity contribution in [2.75, 3.05) is 6.61 Å². The summed E-state index contributed by atoms with van der Waals surface area (Å²) in [7, 11) is 0. The molecule has 0 saturated heterocycles. The van der Waals surface area contributed by atoms with Crippen LogP contribution in [0.1, 0.15) is 6.92 Å². The first-order valence-electron chi connectivity index (χ1n) is 2.08. The fraction of sp³-hybridized carbons (Fsp3) is 0.500. The van der Waals surface area contributed by atoms with Gasteiger partial charge in [0.25, 0.3) is 0 Å². The number of carboxylic acids is 1. The fourth-order valence-electron chi connectivity index (χ4n) is 0.193. The van der Waals surface area contributed by atoms with Gasteiger partial charge < -0.3 is 9.84 Å². The van der Waals surface area contributed by atoms with E-state index >= 15 is 0 Å². The summed E-state index contributed by atoms with van der Waals surface area (Å²) in [4.78, 5) is 19.5. The second kappa shape index (κ2) is 6.69. The van der Waals surface area contributed by atoms with E-state index in [1.165, 1.54) is 0 Å². The van der Waals surface area contributed by atoms with Crippen LogP contribution in [0.5, 0.6) is 0 Å². The average molecular weight is 158 g/mol. The number of carboxylic acid groups (broad SMARTS) is 1. The Kier molecular flexibility index (Phi) is 9.13. The van der Waals surface area contributed by atoms with Gasteiger partial charge in [-0.15, -0.1) is 0 Å². The number of hydrogen-bond donors (Lipinski definition) is 1. The first-order chi connectivity index (χ1) is 3.68. The van der Waals surface area contributed by atoms with Gasteiger partial charge in [0.15, 0.2) is 0 Å². The molecule has 0 aromatic carbocycles. The van der Waals surface area contributed by atoms with Crippen LogP contribution in [0.2, 0.25) is 0 Å². The van der Waals surface area contributed by atoms with Crippen molar-refractivity contribution in [3.63, 3.8) is 0 Å². The molecule has 0 atom stereocenters. The van der Waals surface area contributed by atoms with Gasteiger partial charge in [0.1, 0.15) is 0 Å². The maximum absolute atomic E-state index is 9.92. The molecular weight excluding hydrogens is 151 g/mol. The van der Waals surface area contributed by atoms with Gasteiger partial charge in [-0.2, -0.15) is 0 Å². The third-order valence-electron chi connectivity index (χ3n) is 0.450. The Hall–Kier alpha value is 0.576. The van der Waals surface area contributed by atoms with Gasteiger partial charge in [-0.1, -0.05) is 0 Å². The van der Waals surface area contributed by atoms with Gasteiger partial charge in [-0.3, -0.25) is 0 Å². The number of ether oxygens (including phenoxy) is 1. The van der Waals surface area contributed by atoms with Gasteiger partial charge in [-0.25, -0.2) is 9.59 Å². The van der Waals surface area contributed by atoms with Crippen LogP contribution in [0.25, 0.3) is 0 Å². The van der Waals surface area contributed by atoms with Crippen LogP contribution in [0.15, 0.2) is 0 Å². The average Bonchev–Trinajstić information content (AvgIpc) is 1.67. The van der Waals surface area contributed by atoms with E-state index in [1.807, 2.05) is 0 Å². The van der Waals surface area contributed by atoms with E-state index in [0.29, 0.717) is 0 Å². The topological polar surface area (TPSA) is 63.6 Å². The molecule has 0 saturated carbocycles. The molecule has 0 aliphatic carbocycles. The third-order valence-corrected chi connectivity index (χ3v) is 0.450. The van der Waals surface area contributed by atoms with E-state index in [1.54, 1.807) is 6.92 Å². The molecule has 0 bridgehead atoms. The van der Waals surface area contributed by atoms with Crippen molar-refractivity contribution in [1.82, 2.24) is 0 Å². The summed E-state index contributed by atoms with van der Waals surface area (Å²) in [6.45, 7) is 1.64. The summed E-state index contributed by atoms with van der Waals surface area (Å²) in [5, 5.41) is 7.84. The molecule has 0 spiro atoms. The second-order valence-corrected chi connectivity index (χ2v) is 1.03. The summed E-state index contributed by atoms with van der Waals surface area (Å²) in [5.74, 6) is -2.75. The Morgan fingerprint density at radius 1 is 1.56 bits per heavy atom. The zero-order chi connectivity index (χ0) is 6.57. The van der Waals surface area contributed by atoms with Gasteiger partial charge >= 0.3 is 63.3 Å². The molecule has 0 amide bonds. The number of esters is 1. The van der Waals surface area contributed by atoms with Crippen molar-refractivity contribution in [2.45, 2.75) is 6.92 Å². The molecule has 0 radical (unpaired) electrons. The minimum atomic E-state index is -1.55. The van der Waals surface area contributed by atoms with Crippen molar-refractivity contribution in [3.8, 4) is 0 Å². The third kappa shape index (κ3) is 6.46. The quantitative estimate of drug-likeness (QED) is 0.301. The molecule has 0 aromatic heterocycles. The Labute approximate surface area is 95.0 Å². The summed E-state index contributed by atoms with van der Waals surface area (Å²) >= 11 is 0. The zero-order valence-electron chi connectivity index (χ0n) is 4.38. The predicted molar refractivity (Wildman–Crippen MR) is 31.4 cm³/mol. The summed E-state index contributed by atoms with van der Waals surface area (Å²) in [6, 6.07) is 0. The first-order valence-corrected chi connectivity index (χ1v) is 2.08. The molecule has 0 aromatic rings. The van der Waals surface area contributed by atoms with Crippen LogP contribution < -0.4 is 0 Å². The Bertz CT molecular complexity index is 111. The Morgan fingerprint density at radius 2 is 2.00 bits per heavy atom. The molecule has 1 N–H and O–H groups in total. The molecule has 0 unspecified atom stereocenters. The zero-order valence-corrected chi connectivity index (χ0v) is 4.38. The summed E-state index contributed by atoms with van der Waals surface area (Å²) in [5.41, 5.74) is 0. The fourth-order valence-corrected chi connectivity index (χ4v) is 0.193. The number of aliphatic carboxylic acids is 1. The van der Waals surface area contributed by atoms with E-state index in [4.69, 9.17) is 5.11 Å². The van der Waals surface area contributed by atoms with Crippen LogP contribution in [-0.4, -0.2) is 75.0 Å². The van der Waals surface area contributed by atoms with Crippen LogP contribution in [0, 0.1) is 0 Å². The molecule has 0 fully saturated rings. The van der Waals surface area contributed by atoms with Crippen molar-refractivity contribution < 1.29 is 19.4 Å². The number of rotatable bonds is 1. The molecule has 0 heterocycles. The van der Waals surface area contributed by atoms with Gasteiger partial charge in [0.2, 0.25) is 0 Å². The van der Waals surface area contributed by atoms with Gasteiger partial charge in [0, 0.05) is 0 Å².